The molecule has 1 fully saturated rings. The van der Waals surface area contributed by atoms with E-state index in [1.54, 1.807) is 16.5 Å². The van der Waals surface area contributed by atoms with E-state index in [1.807, 2.05) is 66.7 Å². The fraction of sp³-hybridized carbons (Fsp3) is 0.217. The number of allylic oxidation sites excluding steroid dienone is 1. The second-order valence-electron chi connectivity index (χ2n) is 7.24. The van der Waals surface area contributed by atoms with Crippen LogP contribution in [0.1, 0.15) is 18.0 Å². The van der Waals surface area contributed by atoms with Crippen LogP contribution < -0.4 is 10.8 Å². The average molecular weight is 405 g/mol. The first-order valence-corrected chi connectivity index (χ1v) is 9.81. The minimum atomic E-state index is -0.506. The molecule has 7 nitrogen and oxygen atoms in total. The summed E-state index contributed by atoms with van der Waals surface area (Å²) in [6.45, 7) is 0.598. The highest BCUT2D eigenvalue weighted by atomic mass is 16.5. The summed E-state index contributed by atoms with van der Waals surface area (Å²) in [4.78, 5) is 26.8. The molecule has 30 heavy (non-hydrogen) atoms. The van der Waals surface area contributed by atoms with Gasteiger partial charge in [0.2, 0.25) is 0 Å². The van der Waals surface area contributed by atoms with Crippen molar-refractivity contribution in [3.05, 3.63) is 89.7 Å². The van der Waals surface area contributed by atoms with Gasteiger partial charge in [0.25, 0.3) is 5.91 Å². The highest BCUT2D eigenvalue weighted by molar-refractivity contribution is 5.90. The highest BCUT2D eigenvalue weighted by Crippen LogP contribution is 2.33. The molecule has 0 bridgehead atoms. The number of hydrogen-bond acceptors (Lipinski definition) is 4. The maximum atomic E-state index is 13.2. The normalized spacial score (nSPS) is 20.6. The van der Waals surface area contributed by atoms with Gasteiger partial charge in [0.1, 0.15) is 12.4 Å². The second-order valence-corrected chi connectivity index (χ2v) is 7.24. The van der Waals surface area contributed by atoms with Crippen LogP contribution in [0.5, 0.6) is 0 Å². The molecule has 4 rings (SSSR count). The molecule has 1 aliphatic heterocycles. The lowest BCUT2D eigenvalue weighted by molar-refractivity contribution is -0.131. The number of ether oxygens (including phenoxy) is 1. The summed E-state index contributed by atoms with van der Waals surface area (Å²) < 4.78 is 6.04. The zero-order chi connectivity index (χ0) is 20.9. The fourth-order valence-corrected chi connectivity index (χ4v) is 3.71. The summed E-state index contributed by atoms with van der Waals surface area (Å²) in [5.41, 5.74) is 4.22. The van der Waals surface area contributed by atoms with E-state index in [0.717, 1.165) is 11.1 Å². The van der Waals surface area contributed by atoms with Crippen molar-refractivity contribution in [2.45, 2.75) is 12.5 Å². The van der Waals surface area contributed by atoms with E-state index in [-0.39, 0.29) is 18.7 Å². The number of carbonyl (C=O) groups is 2. The zero-order valence-corrected chi connectivity index (χ0v) is 16.3. The Bertz CT molecular complexity index is 972. The van der Waals surface area contributed by atoms with E-state index in [9.17, 15) is 9.59 Å². The largest absolute Gasteiger partial charge is 0.491 e. The number of hydroxylamine groups is 1. The van der Waals surface area contributed by atoms with Gasteiger partial charge in [-0.3, -0.25) is 10.0 Å². The Morgan fingerprint density at radius 3 is 2.43 bits per heavy atom. The van der Waals surface area contributed by atoms with Gasteiger partial charge in [-0.1, -0.05) is 54.6 Å². The van der Waals surface area contributed by atoms with Crippen LogP contribution in [0, 0.1) is 5.92 Å². The summed E-state index contributed by atoms with van der Waals surface area (Å²) in [6, 6.07) is 18.5. The molecule has 1 aliphatic carbocycles. The van der Waals surface area contributed by atoms with Crippen molar-refractivity contribution >= 4 is 17.6 Å². The van der Waals surface area contributed by atoms with Crippen molar-refractivity contribution in [2.75, 3.05) is 18.5 Å². The fourth-order valence-electron chi connectivity index (χ4n) is 3.71. The molecule has 0 aromatic heterocycles. The summed E-state index contributed by atoms with van der Waals surface area (Å²) in [5.74, 6) is -0.414. The van der Waals surface area contributed by atoms with Gasteiger partial charge in [-0.05, 0) is 30.2 Å². The van der Waals surface area contributed by atoms with Crippen molar-refractivity contribution in [1.82, 2.24) is 10.4 Å². The minimum Gasteiger partial charge on any atom is -0.491 e. The van der Waals surface area contributed by atoms with E-state index < -0.39 is 11.8 Å². The molecule has 3 amide bonds. The Morgan fingerprint density at radius 2 is 1.73 bits per heavy atom. The minimum absolute atomic E-state index is 0.226. The van der Waals surface area contributed by atoms with Crippen LogP contribution in [0.15, 0.2) is 84.1 Å². The van der Waals surface area contributed by atoms with Gasteiger partial charge >= 0.3 is 6.03 Å². The Kier molecular flexibility index (Phi) is 5.81. The molecule has 2 aromatic rings. The maximum absolute atomic E-state index is 13.2. The Morgan fingerprint density at radius 1 is 1.03 bits per heavy atom. The third-order valence-electron chi connectivity index (χ3n) is 5.32. The van der Waals surface area contributed by atoms with Crippen LogP contribution in [0.3, 0.4) is 0 Å². The van der Waals surface area contributed by atoms with Crippen molar-refractivity contribution in [1.29, 1.82) is 0 Å². The first kappa shape index (κ1) is 19.7. The lowest BCUT2D eigenvalue weighted by Gasteiger charge is -2.29. The Balaban J connectivity index is 1.63. The standard InChI is InChI=1S/C23H23N3O4/c27-22(25-29)17-11-12-18-14-26(23(28)24-19-9-5-2-6-10-19)20(15-30-21(18)13-17)16-7-3-1-4-8-16/h1-10,12-13,17,20,29H,11,14-15H2,(H,24,28)(H,25,27)/t17?,20-/m1/s1. The molecular formula is C23H23N3O4. The van der Waals surface area contributed by atoms with Crippen LogP contribution in [0.2, 0.25) is 0 Å². The number of anilines is 1. The van der Waals surface area contributed by atoms with E-state index in [2.05, 4.69) is 5.32 Å². The number of carbonyl (C=O) groups excluding carboxylic acids is 2. The smallest absolute Gasteiger partial charge is 0.322 e. The summed E-state index contributed by atoms with van der Waals surface area (Å²) in [7, 11) is 0. The average Bonchev–Trinajstić information content (AvgIpc) is 2.99. The van der Waals surface area contributed by atoms with Gasteiger partial charge in [0.05, 0.1) is 18.5 Å². The monoisotopic (exact) mass is 405 g/mol. The Labute approximate surface area is 174 Å². The lowest BCUT2D eigenvalue weighted by Crippen LogP contribution is -2.40. The number of fused-ring (bicyclic) bond motifs is 1. The van der Waals surface area contributed by atoms with Crippen molar-refractivity contribution in [2.24, 2.45) is 5.92 Å². The molecule has 2 aliphatic rings. The van der Waals surface area contributed by atoms with Crippen molar-refractivity contribution in [3.63, 3.8) is 0 Å². The number of rotatable bonds is 3. The Hall–Kier alpha value is -3.58. The van der Waals surface area contributed by atoms with Gasteiger partial charge in [0.15, 0.2) is 0 Å². The molecule has 0 saturated carbocycles. The molecule has 2 aromatic carbocycles. The maximum Gasteiger partial charge on any atom is 0.322 e. The van der Waals surface area contributed by atoms with E-state index in [1.165, 1.54) is 0 Å². The molecule has 7 heteroatoms. The van der Waals surface area contributed by atoms with Gasteiger partial charge < -0.3 is 15.0 Å². The quantitative estimate of drug-likeness (QED) is 0.537. The van der Waals surface area contributed by atoms with Crippen molar-refractivity contribution < 1.29 is 19.5 Å². The molecule has 1 saturated heterocycles. The van der Waals surface area contributed by atoms with Crippen LogP contribution in [-0.4, -0.2) is 35.2 Å². The first-order valence-electron chi connectivity index (χ1n) is 9.81. The third kappa shape index (κ3) is 4.21. The molecule has 3 N–H and O–H groups in total. The molecule has 0 radical (unpaired) electrons. The van der Waals surface area contributed by atoms with Gasteiger partial charge in [-0.25, -0.2) is 10.3 Å². The summed E-state index contributed by atoms with van der Waals surface area (Å²) >= 11 is 0. The van der Waals surface area contributed by atoms with Crippen LogP contribution in [-0.2, 0) is 9.53 Å². The number of amides is 3. The van der Waals surface area contributed by atoms with Crippen LogP contribution >= 0.6 is 0 Å². The number of nitrogens with zero attached hydrogens (tertiary/aromatic N) is 1. The van der Waals surface area contributed by atoms with E-state index >= 15 is 0 Å². The number of nitrogens with one attached hydrogen (secondary N) is 2. The summed E-state index contributed by atoms with van der Waals surface area (Å²) in [6.07, 6.45) is 4.03. The molecule has 0 spiro atoms. The third-order valence-corrected chi connectivity index (χ3v) is 5.32. The predicted molar refractivity (Wildman–Crippen MR) is 112 cm³/mol. The SMILES string of the molecule is O=C(NO)C1C=C2OC[C@H](c3ccccc3)N(C(=O)Nc3ccccc3)CC2=CC1. The molecule has 2 atom stereocenters. The summed E-state index contributed by atoms with van der Waals surface area (Å²) in [5, 5.41) is 11.9. The van der Waals surface area contributed by atoms with E-state index in [4.69, 9.17) is 9.94 Å². The van der Waals surface area contributed by atoms with Gasteiger partial charge in [0, 0.05) is 11.3 Å². The number of para-hydroxylation sites is 1. The van der Waals surface area contributed by atoms with Crippen LogP contribution in [0.4, 0.5) is 10.5 Å². The topological polar surface area (TPSA) is 90.9 Å². The van der Waals surface area contributed by atoms with E-state index in [0.29, 0.717) is 24.4 Å². The molecule has 154 valence electrons. The van der Waals surface area contributed by atoms with Gasteiger partial charge in [-0.15, -0.1) is 0 Å². The number of hydrogen-bond donors (Lipinski definition) is 3. The van der Waals surface area contributed by atoms with Crippen molar-refractivity contribution in [3.8, 4) is 0 Å². The lowest BCUT2D eigenvalue weighted by atomic mass is 9.94. The number of benzene rings is 2. The highest BCUT2D eigenvalue weighted by Gasteiger charge is 2.33. The molecular weight excluding hydrogens is 382 g/mol. The van der Waals surface area contributed by atoms with Crippen LogP contribution in [0.25, 0.3) is 0 Å². The van der Waals surface area contributed by atoms with Gasteiger partial charge in [-0.2, -0.15) is 0 Å². The zero-order valence-electron chi connectivity index (χ0n) is 16.3. The second kappa shape index (κ2) is 8.84. The predicted octanol–water partition coefficient (Wildman–Crippen LogP) is 3.63. The molecule has 1 heterocycles. The number of urea groups is 1. The molecule has 1 unspecified atom stereocenters. The first-order chi connectivity index (χ1) is 14.7.